The molecule has 0 saturated carbocycles. The number of hydrogen-bond acceptors (Lipinski definition) is 6. The second-order valence-electron chi connectivity index (χ2n) is 5.42. The Bertz CT molecular complexity index is 836. The number of anilines is 3. The molecule has 0 radical (unpaired) electrons. The molecular formula is C16H16Cl2F3N5O2. The van der Waals surface area contributed by atoms with Crippen LogP contribution in [0.15, 0.2) is 24.4 Å². The summed E-state index contributed by atoms with van der Waals surface area (Å²) in [5, 5.41) is 8.39. The first-order chi connectivity index (χ1) is 13.2. The number of carbonyl (C=O) groups is 1. The summed E-state index contributed by atoms with van der Waals surface area (Å²) in [5.41, 5.74) is -0.581. The molecule has 1 aromatic carbocycles. The number of ether oxygens (including phenoxy) is 1. The first-order valence-corrected chi connectivity index (χ1v) is 8.62. The fourth-order valence-electron chi connectivity index (χ4n) is 2.05. The topological polar surface area (TPSA) is 88.2 Å². The van der Waals surface area contributed by atoms with Crippen molar-refractivity contribution in [3.05, 3.63) is 40.0 Å². The van der Waals surface area contributed by atoms with Crippen molar-refractivity contribution in [2.75, 3.05) is 37.4 Å². The molecule has 3 N–H and O–H groups in total. The molecule has 0 spiro atoms. The Balaban J connectivity index is 2.13. The maximum absolute atomic E-state index is 13.2. The molecular weight excluding hydrogens is 422 g/mol. The average Bonchev–Trinajstić information content (AvgIpc) is 2.61. The van der Waals surface area contributed by atoms with Crippen molar-refractivity contribution >= 4 is 46.6 Å². The molecule has 0 aliphatic carbocycles. The summed E-state index contributed by atoms with van der Waals surface area (Å²) in [4.78, 5) is 18.9. The van der Waals surface area contributed by atoms with Gasteiger partial charge in [0.1, 0.15) is 18.0 Å². The van der Waals surface area contributed by atoms with Gasteiger partial charge in [-0.1, -0.05) is 23.2 Å². The minimum atomic E-state index is -4.65. The zero-order valence-electron chi connectivity index (χ0n) is 14.5. The van der Waals surface area contributed by atoms with E-state index in [1.807, 2.05) is 0 Å². The second kappa shape index (κ2) is 9.76. The van der Waals surface area contributed by atoms with Gasteiger partial charge in [-0.25, -0.2) is 4.98 Å². The van der Waals surface area contributed by atoms with Crippen LogP contribution in [0.3, 0.4) is 0 Å². The normalized spacial score (nSPS) is 11.2. The van der Waals surface area contributed by atoms with Gasteiger partial charge in [0.15, 0.2) is 0 Å². The third-order valence-corrected chi connectivity index (χ3v) is 4.02. The average molecular weight is 438 g/mol. The molecule has 12 heteroatoms. The van der Waals surface area contributed by atoms with Gasteiger partial charge in [-0.15, -0.1) is 0 Å². The van der Waals surface area contributed by atoms with Crippen molar-refractivity contribution in [2.45, 2.75) is 6.18 Å². The molecule has 7 nitrogen and oxygen atoms in total. The van der Waals surface area contributed by atoms with Gasteiger partial charge in [0.05, 0.1) is 10.0 Å². The first-order valence-electron chi connectivity index (χ1n) is 7.86. The van der Waals surface area contributed by atoms with Crippen LogP contribution in [0.2, 0.25) is 10.0 Å². The van der Waals surface area contributed by atoms with E-state index in [1.54, 1.807) is 6.07 Å². The van der Waals surface area contributed by atoms with Crippen LogP contribution in [0.5, 0.6) is 0 Å². The van der Waals surface area contributed by atoms with Crippen molar-refractivity contribution < 1.29 is 22.7 Å². The molecule has 0 aliphatic rings. The molecule has 0 aliphatic heterocycles. The molecule has 1 amide bonds. The van der Waals surface area contributed by atoms with Gasteiger partial charge in [-0.3, -0.25) is 4.79 Å². The fraction of sp³-hybridized carbons (Fsp3) is 0.312. The van der Waals surface area contributed by atoms with Crippen molar-refractivity contribution in [1.82, 2.24) is 15.3 Å². The number of methoxy groups -OCH3 is 1. The number of hydrogen-bond donors (Lipinski definition) is 3. The van der Waals surface area contributed by atoms with Crippen LogP contribution < -0.4 is 16.0 Å². The lowest BCUT2D eigenvalue weighted by molar-refractivity contribution is -0.137. The summed E-state index contributed by atoms with van der Waals surface area (Å²) >= 11 is 11.7. The lowest BCUT2D eigenvalue weighted by atomic mass is 10.3. The van der Waals surface area contributed by atoms with Crippen LogP contribution in [-0.2, 0) is 15.7 Å². The maximum Gasteiger partial charge on any atom is 0.421 e. The van der Waals surface area contributed by atoms with Gasteiger partial charge in [-0.2, -0.15) is 18.2 Å². The number of aromatic nitrogens is 2. The van der Waals surface area contributed by atoms with E-state index < -0.39 is 17.6 Å². The smallest absolute Gasteiger partial charge is 0.375 e. The van der Waals surface area contributed by atoms with Gasteiger partial charge in [0.2, 0.25) is 11.9 Å². The van der Waals surface area contributed by atoms with Gasteiger partial charge in [-0.05, 0) is 18.2 Å². The van der Waals surface area contributed by atoms with Gasteiger partial charge >= 0.3 is 6.18 Å². The maximum atomic E-state index is 13.2. The second-order valence-corrected chi connectivity index (χ2v) is 6.23. The number of alkyl halides is 3. The molecule has 1 heterocycles. The molecule has 1 aromatic heterocycles. The fourth-order valence-corrected chi connectivity index (χ4v) is 2.35. The van der Waals surface area contributed by atoms with E-state index in [1.165, 1.54) is 19.2 Å². The lowest BCUT2D eigenvalue weighted by Gasteiger charge is -2.15. The summed E-state index contributed by atoms with van der Waals surface area (Å²) in [6.45, 7) is -0.0418. The minimum Gasteiger partial charge on any atom is -0.375 e. The van der Waals surface area contributed by atoms with Gasteiger partial charge in [0.25, 0.3) is 0 Å². The number of halogens is 5. The van der Waals surface area contributed by atoms with E-state index in [9.17, 15) is 18.0 Å². The Morgan fingerprint density at radius 1 is 1.21 bits per heavy atom. The molecule has 152 valence electrons. The molecule has 0 saturated heterocycles. The Morgan fingerprint density at radius 3 is 2.61 bits per heavy atom. The SMILES string of the molecule is COCC(=O)NCCNc1nc(Nc2ccc(Cl)c(Cl)c2)ncc1C(F)(F)F. The first kappa shape index (κ1) is 22.0. The van der Waals surface area contributed by atoms with Crippen molar-refractivity contribution in [2.24, 2.45) is 0 Å². The lowest BCUT2D eigenvalue weighted by Crippen LogP contribution is -2.31. The number of nitrogens with zero attached hydrogens (tertiary/aromatic N) is 2. The summed E-state index contributed by atoms with van der Waals surface area (Å²) in [7, 11) is 1.36. The predicted molar refractivity (Wildman–Crippen MR) is 100 cm³/mol. The Kier molecular flexibility index (Phi) is 7.67. The highest BCUT2D eigenvalue weighted by atomic mass is 35.5. The van der Waals surface area contributed by atoms with E-state index in [4.69, 9.17) is 23.2 Å². The zero-order chi connectivity index (χ0) is 20.7. The molecule has 2 aromatic rings. The van der Waals surface area contributed by atoms with E-state index >= 15 is 0 Å². The molecule has 28 heavy (non-hydrogen) atoms. The standard InChI is InChI=1S/C16H16Cl2F3N5O2/c1-28-8-13(27)22-4-5-23-14-10(16(19,20)21)7-24-15(26-14)25-9-2-3-11(17)12(18)6-9/h2-3,6-7H,4-5,8H2,1H3,(H,22,27)(H2,23,24,25,26). The molecule has 0 bridgehead atoms. The summed E-state index contributed by atoms with van der Waals surface area (Å²) < 4.78 is 44.2. The summed E-state index contributed by atoms with van der Waals surface area (Å²) in [5.74, 6) is -0.881. The Hall–Kier alpha value is -2.30. The number of nitrogens with one attached hydrogen (secondary N) is 3. The van der Waals surface area contributed by atoms with E-state index in [0.29, 0.717) is 16.9 Å². The molecule has 0 atom stereocenters. The molecule has 2 rings (SSSR count). The van der Waals surface area contributed by atoms with E-state index in [-0.39, 0.29) is 36.6 Å². The zero-order valence-corrected chi connectivity index (χ0v) is 16.0. The monoisotopic (exact) mass is 437 g/mol. The van der Waals surface area contributed by atoms with E-state index in [2.05, 4.69) is 30.7 Å². The summed E-state index contributed by atoms with van der Waals surface area (Å²) in [6, 6.07) is 4.59. The van der Waals surface area contributed by atoms with Crippen LogP contribution in [0, 0.1) is 0 Å². The highest BCUT2D eigenvalue weighted by Gasteiger charge is 2.35. The van der Waals surface area contributed by atoms with Crippen LogP contribution in [0.4, 0.5) is 30.6 Å². The van der Waals surface area contributed by atoms with Crippen LogP contribution in [0.1, 0.15) is 5.56 Å². The number of amides is 1. The minimum absolute atomic E-state index is 0.0156. The Morgan fingerprint density at radius 2 is 1.96 bits per heavy atom. The molecule has 0 fully saturated rings. The van der Waals surface area contributed by atoms with Crippen molar-refractivity contribution in [1.29, 1.82) is 0 Å². The third kappa shape index (κ3) is 6.39. The summed E-state index contributed by atoms with van der Waals surface area (Å²) in [6.07, 6.45) is -3.98. The van der Waals surface area contributed by atoms with Crippen LogP contribution in [0.25, 0.3) is 0 Å². The van der Waals surface area contributed by atoms with Crippen LogP contribution >= 0.6 is 23.2 Å². The highest BCUT2D eigenvalue weighted by molar-refractivity contribution is 6.42. The van der Waals surface area contributed by atoms with Gasteiger partial charge in [0, 0.05) is 32.1 Å². The van der Waals surface area contributed by atoms with Crippen molar-refractivity contribution in [3.63, 3.8) is 0 Å². The van der Waals surface area contributed by atoms with Crippen LogP contribution in [-0.4, -0.2) is 42.7 Å². The van der Waals surface area contributed by atoms with Crippen molar-refractivity contribution in [3.8, 4) is 0 Å². The highest BCUT2D eigenvalue weighted by Crippen LogP contribution is 2.34. The largest absolute Gasteiger partial charge is 0.421 e. The number of carbonyl (C=O) groups excluding carboxylic acids is 1. The predicted octanol–water partition coefficient (Wildman–Crippen LogP) is 3.72. The van der Waals surface area contributed by atoms with Gasteiger partial charge < -0.3 is 20.7 Å². The number of rotatable bonds is 8. The third-order valence-electron chi connectivity index (χ3n) is 3.28. The Labute approximate surface area is 168 Å². The van der Waals surface area contributed by atoms with E-state index in [0.717, 1.165) is 0 Å². The number of benzene rings is 1. The molecule has 0 unspecified atom stereocenters. The quantitative estimate of drug-likeness (QED) is 0.545.